The van der Waals surface area contributed by atoms with Gasteiger partial charge in [-0.15, -0.1) is 0 Å². The number of hydrogen-bond acceptors (Lipinski definition) is 3. The normalized spacial score (nSPS) is 31.8. The van der Waals surface area contributed by atoms with Crippen LogP contribution >= 0.6 is 0 Å². The Morgan fingerprint density at radius 1 is 0.958 bits per heavy atom. The van der Waals surface area contributed by atoms with Gasteiger partial charge in [0, 0.05) is 32.2 Å². The molecule has 24 heavy (non-hydrogen) atoms. The molecular formula is C20H34N2O2. The van der Waals surface area contributed by atoms with E-state index in [0.29, 0.717) is 11.8 Å². The van der Waals surface area contributed by atoms with E-state index in [1.54, 1.807) is 0 Å². The molecule has 3 saturated heterocycles. The summed E-state index contributed by atoms with van der Waals surface area (Å²) < 4.78 is 6.29. The lowest BCUT2D eigenvalue weighted by molar-refractivity contribution is -0.149. The first-order chi connectivity index (χ1) is 11.7. The van der Waals surface area contributed by atoms with Gasteiger partial charge in [-0.25, -0.2) is 0 Å². The van der Waals surface area contributed by atoms with E-state index in [2.05, 4.69) is 9.80 Å². The van der Waals surface area contributed by atoms with E-state index in [1.165, 1.54) is 64.5 Å². The highest BCUT2D eigenvalue weighted by molar-refractivity contribution is 5.76. The van der Waals surface area contributed by atoms with E-state index in [9.17, 15) is 4.79 Å². The predicted octanol–water partition coefficient (Wildman–Crippen LogP) is 3.20. The Morgan fingerprint density at radius 2 is 1.67 bits per heavy atom. The maximum Gasteiger partial charge on any atom is 0.222 e. The van der Waals surface area contributed by atoms with E-state index < -0.39 is 0 Å². The molecule has 1 unspecified atom stereocenters. The second kappa shape index (κ2) is 7.33. The predicted molar refractivity (Wildman–Crippen MR) is 94.9 cm³/mol. The standard InChI is InChI=1S/C20H34N2O2/c23-19(15-17-5-1-2-6-17)22-12-8-20(9-13-22)16-18(7-14-24-20)21-10-3-4-11-21/h17-18H,1-16H2. The Morgan fingerprint density at radius 3 is 2.38 bits per heavy atom. The first-order valence-corrected chi connectivity index (χ1v) is 10.4. The van der Waals surface area contributed by atoms with Crippen LogP contribution in [0.4, 0.5) is 0 Å². The molecule has 0 N–H and O–H groups in total. The van der Waals surface area contributed by atoms with Crippen molar-refractivity contribution in [3.05, 3.63) is 0 Å². The van der Waals surface area contributed by atoms with Crippen molar-refractivity contribution >= 4 is 5.91 Å². The lowest BCUT2D eigenvalue weighted by atomic mass is 9.81. The van der Waals surface area contributed by atoms with Crippen molar-refractivity contribution in [2.45, 2.75) is 82.3 Å². The van der Waals surface area contributed by atoms with Gasteiger partial charge in [-0.1, -0.05) is 12.8 Å². The van der Waals surface area contributed by atoms with Crippen molar-refractivity contribution in [2.24, 2.45) is 5.92 Å². The SMILES string of the molecule is O=C(CC1CCCC1)N1CCC2(CC1)CC(N1CCCC1)CCO2. The third-order valence-electron chi connectivity index (χ3n) is 7.09. The lowest BCUT2D eigenvalue weighted by Crippen LogP contribution is -2.54. The van der Waals surface area contributed by atoms with Crippen molar-refractivity contribution in [3.8, 4) is 0 Å². The summed E-state index contributed by atoms with van der Waals surface area (Å²) >= 11 is 0. The molecular weight excluding hydrogens is 300 g/mol. The fourth-order valence-corrected chi connectivity index (χ4v) is 5.52. The number of likely N-dealkylation sites (tertiary alicyclic amines) is 2. The Balaban J connectivity index is 1.28. The number of ether oxygens (including phenoxy) is 1. The number of nitrogens with zero attached hydrogens (tertiary/aromatic N) is 2. The van der Waals surface area contributed by atoms with Crippen molar-refractivity contribution in [1.29, 1.82) is 0 Å². The summed E-state index contributed by atoms with van der Waals surface area (Å²) in [5.41, 5.74) is 0.0651. The fourth-order valence-electron chi connectivity index (χ4n) is 5.52. The molecule has 1 amide bonds. The molecule has 4 fully saturated rings. The largest absolute Gasteiger partial charge is 0.375 e. The third-order valence-corrected chi connectivity index (χ3v) is 7.09. The monoisotopic (exact) mass is 334 g/mol. The summed E-state index contributed by atoms with van der Waals surface area (Å²) in [6, 6.07) is 0.724. The quantitative estimate of drug-likeness (QED) is 0.794. The molecule has 1 spiro atoms. The van der Waals surface area contributed by atoms with Gasteiger partial charge in [0.2, 0.25) is 5.91 Å². The van der Waals surface area contributed by atoms with Crippen LogP contribution in [0.2, 0.25) is 0 Å². The van der Waals surface area contributed by atoms with E-state index >= 15 is 0 Å². The van der Waals surface area contributed by atoms with Gasteiger partial charge in [0.05, 0.1) is 5.60 Å². The zero-order valence-corrected chi connectivity index (χ0v) is 15.2. The number of rotatable bonds is 3. The molecule has 4 heteroatoms. The Bertz CT molecular complexity index is 433. The molecule has 1 saturated carbocycles. The van der Waals surface area contributed by atoms with Gasteiger partial charge >= 0.3 is 0 Å². The number of hydrogen-bond donors (Lipinski definition) is 0. The van der Waals surface area contributed by atoms with Crippen LogP contribution in [0.3, 0.4) is 0 Å². The van der Waals surface area contributed by atoms with E-state index in [4.69, 9.17) is 4.74 Å². The van der Waals surface area contributed by atoms with Crippen LogP contribution in [-0.4, -0.2) is 60.1 Å². The Labute approximate surface area is 146 Å². The summed E-state index contributed by atoms with van der Waals surface area (Å²) in [7, 11) is 0. The van der Waals surface area contributed by atoms with Crippen molar-refractivity contribution in [3.63, 3.8) is 0 Å². The molecule has 4 nitrogen and oxygen atoms in total. The maximum absolute atomic E-state index is 12.6. The Hall–Kier alpha value is -0.610. The van der Waals surface area contributed by atoms with Gasteiger partial charge in [-0.2, -0.15) is 0 Å². The third kappa shape index (κ3) is 3.65. The molecule has 4 aliphatic rings. The molecule has 0 aromatic heterocycles. The van der Waals surface area contributed by atoms with Crippen LogP contribution in [0.15, 0.2) is 0 Å². The van der Waals surface area contributed by atoms with Gasteiger partial charge in [0.1, 0.15) is 0 Å². The minimum Gasteiger partial charge on any atom is -0.375 e. The van der Waals surface area contributed by atoms with Crippen LogP contribution in [-0.2, 0) is 9.53 Å². The van der Waals surface area contributed by atoms with Crippen molar-refractivity contribution in [2.75, 3.05) is 32.8 Å². The highest BCUT2D eigenvalue weighted by Crippen LogP contribution is 2.38. The minimum absolute atomic E-state index is 0.0651. The summed E-state index contributed by atoms with van der Waals surface area (Å²) in [5.74, 6) is 1.07. The first-order valence-electron chi connectivity index (χ1n) is 10.4. The summed E-state index contributed by atoms with van der Waals surface area (Å²) in [6.07, 6.45) is 13.2. The van der Waals surface area contributed by atoms with Crippen LogP contribution in [0.1, 0.15) is 70.6 Å². The summed E-state index contributed by atoms with van der Waals surface area (Å²) in [5, 5.41) is 0. The van der Waals surface area contributed by atoms with Crippen LogP contribution < -0.4 is 0 Å². The second-order valence-corrected chi connectivity index (χ2v) is 8.66. The van der Waals surface area contributed by atoms with E-state index in [0.717, 1.165) is 45.0 Å². The molecule has 0 aromatic rings. The maximum atomic E-state index is 12.6. The van der Waals surface area contributed by atoms with Gasteiger partial charge < -0.3 is 14.5 Å². The number of amides is 1. The molecule has 0 bridgehead atoms. The lowest BCUT2D eigenvalue weighted by Gasteiger charge is -2.48. The zero-order chi connectivity index (χ0) is 16.4. The van der Waals surface area contributed by atoms with E-state index in [-0.39, 0.29) is 5.60 Å². The van der Waals surface area contributed by atoms with Crippen molar-refractivity contribution < 1.29 is 9.53 Å². The molecule has 0 aromatic carbocycles. The average molecular weight is 335 g/mol. The van der Waals surface area contributed by atoms with Crippen LogP contribution in [0, 0.1) is 5.92 Å². The second-order valence-electron chi connectivity index (χ2n) is 8.66. The van der Waals surface area contributed by atoms with E-state index in [1.807, 2.05) is 0 Å². The van der Waals surface area contributed by atoms with Gasteiger partial charge in [0.25, 0.3) is 0 Å². The highest BCUT2D eigenvalue weighted by atomic mass is 16.5. The zero-order valence-electron chi connectivity index (χ0n) is 15.2. The number of carbonyl (C=O) groups is 1. The average Bonchev–Trinajstić information content (AvgIpc) is 3.29. The van der Waals surface area contributed by atoms with Crippen molar-refractivity contribution in [1.82, 2.24) is 9.80 Å². The smallest absolute Gasteiger partial charge is 0.222 e. The topological polar surface area (TPSA) is 32.8 Å². The highest BCUT2D eigenvalue weighted by Gasteiger charge is 2.42. The molecule has 1 aliphatic carbocycles. The molecule has 3 aliphatic heterocycles. The minimum atomic E-state index is 0.0651. The Kier molecular flexibility index (Phi) is 5.14. The number of carbonyl (C=O) groups excluding carboxylic acids is 1. The molecule has 4 rings (SSSR count). The fraction of sp³-hybridized carbons (Fsp3) is 0.950. The summed E-state index contributed by atoms with van der Waals surface area (Å²) in [4.78, 5) is 17.4. The molecule has 136 valence electrons. The van der Waals surface area contributed by atoms with Gasteiger partial charge in [0.15, 0.2) is 0 Å². The molecule has 3 heterocycles. The van der Waals surface area contributed by atoms with Gasteiger partial charge in [-0.05, 0) is 70.4 Å². The van der Waals surface area contributed by atoms with Gasteiger partial charge in [-0.3, -0.25) is 4.79 Å². The summed E-state index contributed by atoms with van der Waals surface area (Å²) in [6.45, 7) is 5.31. The van der Waals surface area contributed by atoms with Crippen LogP contribution in [0.5, 0.6) is 0 Å². The number of piperidine rings is 1. The molecule has 1 atom stereocenters. The molecule has 0 radical (unpaired) electrons. The van der Waals surface area contributed by atoms with Crippen LogP contribution in [0.25, 0.3) is 0 Å². The first kappa shape index (κ1) is 16.8.